The lowest BCUT2D eigenvalue weighted by Gasteiger charge is -2.39. The van der Waals surface area contributed by atoms with Crippen LogP contribution in [0.4, 0.5) is 0 Å². The first kappa shape index (κ1) is 38.8. The van der Waals surface area contributed by atoms with E-state index in [-0.39, 0.29) is 65.3 Å². The molecule has 46 heavy (non-hydrogen) atoms. The molecular formula is C36H58O8P2. The lowest BCUT2D eigenvalue weighted by atomic mass is 9.78. The lowest BCUT2D eigenvalue weighted by molar-refractivity contribution is -0.0184. The number of benzene rings is 2. The van der Waals surface area contributed by atoms with Gasteiger partial charge in [-0.1, -0.05) is 114 Å². The third kappa shape index (κ3) is 9.27. The Labute approximate surface area is 277 Å². The highest BCUT2D eigenvalue weighted by Gasteiger charge is 2.43. The van der Waals surface area contributed by atoms with E-state index in [1.165, 1.54) is 0 Å². The van der Waals surface area contributed by atoms with Gasteiger partial charge in [-0.2, -0.15) is 0 Å². The molecule has 1 aliphatic rings. The van der Waals surface area contributed by atoms with Gasteiger partial charge in [-0.3, -0.25) is 9.13 Å². The predicted molar refractivity (Wildman–Crippen MR) is 186 cm³/mol. The molecule has 8 nitrogen and oxygen atoms in total. The minimum Gasteiger partial charge on any atom is -0.507 e. The standard InChI is InChI=1S/C36H58O8P2/c1-14-36(21-42-45(39,40)19-24-15-26(32(2,3)4)30(37)27(16-24)33(5,6)7)22-43-46(41,44-23-36)20-25-17-28(34(8,9)10)31(38)29(18-25)35(11,12)13/h15-18,37-38H,14,19-23H2,1-13H3,(H,39,40). The van der Waals surface area contributed by atoms with E-state index in [2.05, 4.69) is 0 Å². The van der Waals surface area contributed by atoms with Crippen molar-refractivity contribution in [2.45, 2.75) is 130 Å². The van der Waals surface area contributed by atoms with E-state index < -0.39 is 20.6 Å². The average Bonchev–Trinajstić information content (AvgIpc) is 2.88. The summed E-state index contributed by atoms with van der Waals surface area (Å²) < 4.78 is 44.9. The summed E-state index contributed by atoms with van der Waals surface area (Å²) in [6.07, 6.45) is 0.355. The van der Waals surface area contributed by atoms with Crippen molar-refractivity contribution in [1.29, 1.82) is 0 Å². The monoisotopic (exact) mass is 680 g/mol. The van der Waals surface area contributed by atoms with Crippen molar-refractivity contribution >= 4 is 15.2 Å². The maximum Gasteiger partial charge on any atom is 0.335 e. The number of hydrogen-bond donors (Lipinski definition) is 3. The second-order valence-electron chi connectivity index (χ2n) is 17.3. The largest absolute Gasteiger partial charge is 0.507 e. The molecule has 1 atom stereocenters. The van der Waals surface area contributed by atoms with Crippen LogP contribution in [0.3, 0.4) is 0 Å². The molecule has 1 aliphatic heterocycles. The van der Waals surface area contributed by atoms with Crippen molar-refractivity contribution in [2.24, 2.45) is 5.41 Å². The Hall–Kier alpha value is -1.66. The van der Waals surface area contributed by atoms with Crippen LogP contribution in [0.2, 0.25) is 0 Å². The van der Waals surface area contributed by atoms with Crippen molar-refractivity contribution in [2.75, 3.05) is 19.8 Å². The van der Waals surface area contributed by atoms with Crippen LogP contribution >= 0.6 is 15.2 Å². The molecule has 1 fully saturated rings. The van der Waals surface area contributed by atoms with Crippen LogP contribution in [-0.2, 0) is 56.7 Å². The normalized spacial score (nSPS) is 22.9. The summed E-state index contributed by atoms with van der Waals surface area (Å²) in [6.45, 7) is 26.1. The molecule has 0 amide bonds. The maximum atomic E-state index is 13.8. The first-order chi connectivity index (χ1) is 20.6. The van der Waals surface area contributed by atoms with Gasteiger partial charge in [0, 0.05) is 5.41 Å². The summed E-state index contributed by atoms with van der Waals surface area (Å²) in [5.74, 6) is 0.458. The molecule has 1 unspecified atom stereocenters. The molecule has 0 saturated carbocycles. The third-order valence-electron chi connectivity index (χ3n) is 8.79. The Morgan fingerprint density at radius 3 is 1.41 bits per heavy atom. The molecule has 0 aliphatic carbocycles. The highest BCUT2D eigenvalue weighted by atomic mass is 31.2. The first-order valence-corrected chi connectivity index (χ1v) is 19.7. The lowest BCUT2D eigenvalue weighted by Crippen LogP contribution is -2.39. The molecule has 10 heteroatoms. The Bertz CT molecular complexity index is 1430. The molecule has 2 aromatic rings. The molecule has 3 rings (SSSR count). The number of hydrogen-bond acceptors (Lipinski definition) is 7. The zero-order valence-corrected chi connectivity index (χ0v) is 32.1. The van der Waals surface area contributed by atoms with Gasteiger partial charge in [-0.15, -0.1) is 0 Å². The maximum absolute atomic E-state index is 13.8. The molecule has 1 saturated heterocycles. The van der Waals surface area contributed by atoms with Gasteiger partial charge in [0.15, 0.2) is 0 Å². The van der Waals surface area contributed by atoms with Crippen LogP contribution in [0.1, 0.15) is 130 Å². The van der Waals surface area contributed by atoms with Crippen molar-refractivity contribution in [3.05, 3.63) is 57.6 Å². The van der Waals surface area contributed by atoms with Gasteiger partial charge >= 0.3 is 15.2 Å². The smallest absolute Gasteiger partial charge is 0.335 e. The number of aromatic hydroxyl groups is 2. The first-order valence-electron chi connectivity index (χ1n) is 16.2. The minimum atomic E-state index is -4.12. The Balaban J connectivity index is 1.79. The van der Waals surface area contributed by atoms with Crippen molar-refractivity contribution in [3.8, 4) is 11.5 Å². The second kappa shape index (κ2) is 13.0. The zero-order chi connectivity index (χ0) is 35.3. The Kier molecular flexibility index (Phi) is 11.0. The number of phenolic OH excluding ortho intramolecular Hbond substituents is 2. The highest BCUT2D eigenvalue weighted by molar-refractivity contribution is 7.53. The van der Waals surface area contributed by atoms with Gasteiger partial charge in [0.05, 0.1) is 32.1 Å². The predicted octanol–water partition coefficient (Wildman–Crippen LogP) is 9.83. The van der Waals surface area contributed by atoms with Gasteiger partial charge in [-0.05, 0) is 61.5 Å². The quantitative estimate of drug-likeness (QED) is 0.236. The molecule has 2 aromatic carbocycles. The summed E-state index contributed by atoms with van der Waals surface area (Å²) in [4.78, 5) is 11.0. The third-order valence-corrected chi connectivity index (χ3v) is 11.9. The molecular weight excluding hydrogens is 622 g/mol. The Morgan fingerprint density at radius 1 is 0.739 bits per heavy atom. The fourth-order valence-corrected chi connectivity index (χ4v) is 8.66. The summed E-state index contributed by atoms with van der Waals surface area (Å²) >= 11 is 0. The molecule has 3 N–H and O–H groups in total. The van der Waals surface area contributed by atoms with E-state index in [0.29, 0.717) is 23.1 Å². The second-order valence-corrected chi connectivity index (χ2v) is 21.2. The fourth-order valence-electron chi connectivity index (χ4n) is 5.63. The summed E-state index contributed by atoms with van der Waals surface area (Å²) in [5, 5.41) is 22.1. The van der Waals surface area contributed by atoms with Crippen molar-refractivity contribution < 1.29 is 37.8 Å². The minimum absolute atomic E-state index is 0.0473. The van der Waals surface area contributed by atoms with Crippen LogP contribution in [0.5, 0.6) is 11.5 Å². The molecule has 0 aromatic heterocycles. The van der Waals surface area contributed by atoms with E-state index in [1.54, 1.807) is 12.1 Å². The van der Waals surface area contributed by atoms with E-state index in [4.69, 9.17) is 13.6 Å². The van der Waals surface area contributed by atoms with Gasteiger partial charge < -0.3 is 28.7 Å². The van der Waals surface area contributed by atoms with Crippen molar-refractivity contribution in [1.82, 2.24) is 0 Å². The van der Waals surface area contributed by atoms with Gasteiger partial charge in [0.1, 0.15) is 11.5 Å². The summed E-state index contributed by atoms with van der Waals surface area (Å²) in [7, 11) is -7.66. The molecule has 0 bridgehead atoms. The topological polar surface area (TPSA) is 123 Å². The van der Waals surface area contributed by atoms with Crippen LogP contribution in [0.25, 0.3) is 0 Å². The van der Waals surface area contributed by atoms with Gasteiger partial charge in [0.2, 0.25) is 0 Å². The SMILES string of the molecule is CCC1(COP(=O)(O)Cc2cc(C(C)(C)C)c(O)c(C(C)(C)C)c2)COP(=O)(Cc2cc(C(C)(C)C)c(O)c(C(C)(C)C)c2)OC1. The van der Waals surface area contributed by atoms with Gasteiger partial charge in [-0.25, -0.2) is 0 Å². The van der Waals surface area contributed by atoms with E-state index in [1.807, 2.05) is 102 Å². The van der Waals surface area contributed by atoms with E-state index in [9.17, 15) is 24.2 Å². The number of rotatable bonds is 8. The zero-order valence-electron chi connectivity index (χ0n) is 30.3. The van der Waals surface area contributed by atoms with Gasteiger partial charge in [0.25, 0.3) is 0 Å². The summed E-state index contributed by atoms with van der Waals surface area (Å²) in [5.41, 5.74) is 2.16. The highest BCUT2D eigenvalue weighted by Crippen LogP contribution is 2.58. The Morgan fingerprint density at radius 2 is 1.09 bits per heavy atom. The molecule has 260 valence electrons. The molecule has 0 spiro atoms. The van der Waals surface area contributed by atoms with E-state index in [0.717, 1.165) is 16.7 Å². The van der Waals surface area contributed by atoms with E-state index >= 15 is 0 Å². The van der Waals surface area contributed by atoms with Crippen molar-refractivity contribution in [3.63, 3.8) is 0 Å². The van der Waals surface area contributed by atoms with Crippen LogP contribution in [0.15, 0.2) is 24.3 Å². The molecule has 1 heterocycles. The van der Waals surface area contributed by atoms with Crippen LogP contribution in [0, 0.1) is 5.41 Å². The van der Waals surface area contributed by atoms with Crippen LogP contribution in [-0.4, -0.2) is 34.9 Å². The fraction of sp³-hybridized carbons (Fsp3) is 0.667. The summed E-state index contributed by atoms with van der Waals surface area (Å²) in [6, 6.07) is 7.33. The van der Waals surface area contributed by atoms with Crippen LogP contribution < -0.4 is 0 Å². The number of phenols is 2. The average molecular weight is 681 g/mol. The molecule has 0 radical (unpaired) electrons.